The number of aromatic nitrogens is 4. The number of benzene rings is 2. The molecule has 0 bridgehead atoms. The van der Waals surface area contributed by atoms with E-state index in [9.17, 15) is 4.79 Å². The van der Waals surface area contributed by atoms with Gasteiger partial charge in [0, 0.05) is 11.8 Å². The lowest BCUT2D eigenvalue weighted by molar-refractivity contribution is 0.731. The van der Waals surface area contributed by atoms with Crippen molar-refractivity contribution in [3.05, 3.63) is 92.8 Å². The monoisotopic (exact) mass is 474 g/mol. The average Bonchev–Trinajstić information content (AvgIpc) is 3.34. The first-order valence-electron chi connectivity index (χ1n) is 10.2. The first-order chi connectivity index (χ1) is 16.0. The van der Waals surface area contributed by atoms with Crippen LogP contribution in [0.25, 0.3) is 27.7 Å². The molecule has 3 aromatic heterocycles. The number of nitrogen functional groups attached to an aromatic ring is 1. The van der Waals surface area contributed by atoms with Gasteiger partial charge in [0.1, 0.15) is 11.6 Å². The van der Waals surface area contributed by atoms with Crippen LogP contribution in [0.1, 0.15) is 18.8 Å². The number of nitrogens with zero attached hydrogens (tertiary/aromatic N) is 4. The molecule has 0 radical (unpaired) electrons. The second-order valence-corrected chi connectivity index (χ2v) is 8.64. The van der Waals surface area contributed by atoms with E-state index < -0.39 is 6.04 Å². The maximum atomic E-state index is 13.6. The first-order valence-corrected chi connectivity index (χ1v) is 11.5. The van der Waals surface area contributed by atoms with Gasteiger partial charge in [-0.25, -0.2) is 9.97 Å². The molecule has 5 rings (SSSR count). The number of nitrogens with one attached hydrogen (secondary N) is 1. The van der Waals surface area contributed by atoms with Gasteiger partial charge in [-0.05, 0) is 53.6 Å². The maximum absolute atomic E-state index is 13.6. The third-order valence-corrected chi connectivity index (χ3v) is 6.27. The molecule has 9 heteroatoms. The van der Waals surface area contributed by atoms with Crippen molar-refractivity contribution >= 4 is 45.6 Å². The highest BCUT2D eigenvalue weighted by Crippen LogP contribution is 2.31. The molecule has 0 amide bonds. The minimum Gasteiger partial charge on any atom is -0.368 e. The number of hydrogen-bond acceptors (Lipinski definition) is 7. The highest BCUT2D eigenvalue weighted by Gasteiger charge is 2.21. The second kappa shape index (κ2) is 8.65. The lowest BCUT2D eigenvalue weighted by atomic mass is 10.1. The summed E-state index contributed by atoms with van der Waals surface area (Å²) < 4.78 is 1.58. The normalized spacial score (nSPS) is 12.1. The number of fused-ring (bicyclic) bond motifs is 1. The highest BCUT2D eigenvalue weighted by atomic mass is 35.5. The molecule has 2 aromatic carbocycles. The summed E-state index contributed by atoms with van der Waals surface area (Å²) in [6.07, 6.45) is 1.69. The zero-order valence-electron chi connectivity index (χ0n) is 17.6. The van der Waals surface area contributed by atoms with Crippen LogP contribution >= 0.6 is 22.9 Å². The molecule has 1 unspecified atom stereocenters. The Hall–Kier alpha value is -3.75. The molecule has 1 atom stereocenters. The molecule has 3 N–H and O–H groups in total. The van der Waals surface area contributed by atoms with E-state index in [2.05, 4.69) is 15.3 Å². The van der Waals surface area contributed by atoms with E-state index in [1.807, 2.05) is 54.1 Å². The van der Waals surface area contributed by atoms with Gasteiger partial charge in [-0.3, -0.25) is 9.36 Å². The Labute approximate surface area is 198 Å². The lowest BCUT2D eigenvalue weighted by Crippen LogP contribution is -2.27. The Bertz CT molecular complexity index is 1500. The van der Waals surface area contributed by atoms with Gasteiger partial charge in [-0.1, -0.05) is 35.9 Å². The summed E-state index contributed by atoms with van der Waals surface area (Å²) in [4.78, 5) is 27.0. The third-order valence-electron chi connectivity index (χ3n) is 5.27. The van der Waals surface area contributed by atoms with Gasteiger partial charge in [0.05, 0.1) is 27.7 Å². The van der Waals surface area contributed by atoms with Crippen LogP contribution in [-0.2, 0) is 0 Å². The molecule has 3 heterocycles. The molecule has 0 aliphatic carbocycles. The molecule has 0 spiro atoms. The smallest absolute Gasteiger partial charge is 0.267 e. The first kappa shape index (κ1) is 21.1. The molecule has 0 saturated heterocycles. The average molecular weight is 475 g/mol. The fourth-order valence-electron chi connectivity index (χ4n) is 3.73. The number of halogens is 1. The zero-order valence-corrected chi connectivity index (χ0v) is 19.1. The summed E-state index contributed by atoms with van der Waals surface area (Å²) in [5.41, 5.74) is 8.67. The molecule has 0 saturated carbocycles. The van der Waals surface area contributed by atoms with E-state index in [4.69, 9.17) is 22.3 Å². The van der Waals surface area contributed by atoms with Crippen molar-refractivity contribution in [3.8, 4) is 16.8 Å². The van der Waals surface area contributed by atoms with Crippen molar-refractivity contribution in [2.45, 2.75) is 13.0 Å². The third kappa shape index (κ3) is 3.94. The topological polar surface area (TPSA) is 98.7 Å². The van der Waals surface area contributed by atoms with Crippen molar-refractivity contribution in [2.24, 2.45) is 0 Å². The Morgan fingerprint density at radius 3 is 2.67 bits per heavy atom. The van der Waals surface area contributed by atoms with E-state index in [1.165, 1.54) is 0 Å². The Morgan fingerprint density at radius 1 is 1.09 bits per heavy atom. The van der Waals surface area contributed by atoms with Gasteiger partial charge in [-0.2, -0.15) is 16.3 Å². The van der Waals surface area contributed by atoms with Crippen LogP contribution in [0.15, 0.2) is 76.3 Å². The summed E-state index contributed by atoms with van der Waals surface area (Å²) in [7, 11) is 0. The predicted molar refractivity (Wildman–Crippen MR) is 134 cm³/mol. The molecule has 0 aliphatic heterocycles. The second-order valence-electron chi connectivity index (χ2n) is 7.45. The molecule has 0 fully saturated rings. The van der Waals surface area contributed by atoms with Crippen molar-refractivity contribution in [2.75, 3.05) is 11.1 Å². The maximum Gasteiger partial charge on any atom is 0.267 e. The number of anilines is 2. The van der Waals surface area contributed by atoms with Gasteiger partial charge in [0.15, 0.2) is 0 Å². The molecule has 0 aliphatic rings. The van der Waals surface area contributed by atoms with Crippen molar-refractivity contribution in [1.29, 1.82) is 0 Å². The van der Waals surface area contributed by atoms with E-state index >= 15 is 0 Å². The number of thiophene rings is 1. The highest BCUT2D eigenvalue weighted by molar-refractivity contribution is 7.08. The number of nitrogens with two attached hydrogens (primary N) is 1. The van der Waals surface area contributed by atoms with Crippen molar-refractivity contribution in [1.82, 2.24) is 19.5 Å². The summed E-state index contributed by atoms with van der Waals surface area (Å²) in [5, 5.41) is 8.14. The molecular formula is C24H19ClN6OS. The van der Waals surface area contributed by atoms with Gasteiger partial charge >= 0.3 is 0 Å². The minimum absolute atomic E-state index is 0.155. The number of para-hydroxylation sites is 1. The molecule has 33 heavy (non-hydrogen) atoms. The zero-order chi connectivity index (χ0) is 22.9. The van der Waals surface area contributed by atoms with Gasteiger partial charge < -0.3 is 11.1 Å². The van der Waals surface area contributed by atoms with Crippen LogP contribution in [0, 0.1) is 0 Å². The minimum atomic E-state index is -0.395. The van der Waals surface area contributed by atoms with Gasteiger partial charge in [0.25, 0.3) is 5.56 Å². The Kier molecular flexibility index (Phi) is 5.53. The predicted octanol–water partition coefficient (Wildman–Crippen LogP) is 5.31. The Morgan fingerprint density at radius 2 is 1.91 bits per heavy atom. The van der Waals surface area contributed by atoms with Crippen LogP contribution in [0.2, 0.25) is 5.02 Å². The fraction of sp³-hybridized carbons (Fsp3) is 0.0833. The van der Waals surface area contributed by atoms with E-state index in [0.29, 0.717) is 33.3 Å². The van der Waals surface area contributed by atoms with Crippen LogP contribution in [0.5, 0.6) is 0 Å². The number of rotatable bonds is 5. The van der Waals surface area contributed by atoms with Crippen molar-refractivity contribution < 1.29 is 0 Å². The fourth-order valence-corrected chi connectivity index (χ4v) is 4.63. The van der Waals surface area contributed by atoms with Crippen LogP contribution in [0.4, 0.5) is 11.8 Å². The van der Waals surface area contributed by atoms with Gasteiger partial charge in [0.2, 0.25) is 5.95 Å². The van der Waals surface area contributed by atoms with E-state index in [1.54, 1.807) is 40.3 Å². The van der Waals surface area contributed by atoms with Crippen LogP contribution in [0.3, 0.4) is 0 Å². The quantitative estimate of drug-likeness (QED) is 0.358. The molecule has 5 aromatic rings. The summed E-state index contributed by atoms with van der Waals surface area (Å²) in [6, 6.07) is 16.2. The SMILES string of the molecule is CC(Nc1nc(N)ncc1-c1ccsc1)c1nc2cccc(Cl)c2c(=O)n1-c1ccccc1. The summed E-state index contributed by atoms with van der Waals surface area (Å²) >= 11 is 7.96. The molecular weight excluding hydrogens is 456 g/mol. The number of hydrogen-bond donors (Lipinski definition) is 2. The molecule has 7 nitrogen and oxygen atoms in total. The largest absolute Gasteiger partial charge is 0.368 e. The Balaban J connectivity index is 1.68. The van der Waals surface area contributed by atoms with Crippen molar-refractivity contribution in [3.63, 3.8) is 0 Å². The standard InChI is InChI=1S/C24H19ClN6OS/c1-14(28-21-17(12-27-24(26)30-21)15-10-11-33-13-15)22-29-19-9-5-8-18(25)20(19)23(32)31(22)16-6-3-2-4-7-16/h2-14H,1H3,(H3,26,27,28,30). The van der Waals surface area contributed by atoms with Crippen LogP contribution in [-0.4, -0.2) is 19.5 Å². The van der Waals surface area contributed by atoms with Gasteiger partial charge in [-0.15, -0.1) is 0 Å². The van der Waals surface area contributed by atoms with E-state index in [0.717, 1.165) is 11.1 Å². The summed E-state index contributed by atoms with van der Waals surface area (Å²) in [5.74, 6) is 1.24. The van der Waals surface area contributed by atoms with E-state index in [-0.39, 0.29) is 11.5 Å². The lowest BCUT2D eigenvalue weighted by Gasteiger charge is -2.21. The summed E-state index contributed by atoms with van der Waals surface area (Å²) in [6.45, 7) is 1.92. The molecule has 164 valence electrons. The van der Waals surface area contributed by atoms with Crippen LogP contribution < -0.4 is 16.6 Å².